The molecule has 0 spiro atoms. The number of aromatic hydroxyl groups is 1. The van der Waals surface area contributed by atoms with Gasteiger partial charge in [0.2, 0.25) is 11.2 Å². The largest absolute Gasteiger partial charge is 0.506 e. The number of ether oxygens (including phenoxy) is 2. The minimum Gasteiger partial charge on any atom is -0.506 e. The van der Waals surface area contributed by atoms with E-state index in [0.717, 1.165) is 84.1 Å². The smallest absolute Gasteiger partial charge is 0.347 e. The summed E-state index contributed by atoms with van der Waals surface area (Å²) in [4.78, 5) is 30.8. The molecule has 4 aromatic rings. The Balaban J connectivity index is 0.00000562. The van der Waals surface area contributed by atoms with Crippen LogP contribution in [0.2, 0.25) is 0 Å². The first-order valence-corrected chi connectivity index (χ1v) is 19.1. The highest BCUT2D eigenvalue weighted by atomic mass is 32.1. The van der Waals surface area contributed by atoms with E-state index in [4.69, 9.17) is 9.47 Å². The van der Waals surface area contributed by atoms with Gasteiger partial charge in [-0.15, -0.1) is 22.7 Å². The van der Waals surface area contributed by atoms with E-state index in [2.05, 4.69) is 22.2 Å². The number of unbranched alkanes of at least 4 members (excludes halogenated alkanes) is 3. The maximum Gasteiger partial charge on any atom is 0.347 e. The van der Waals surface area contributed by atoms with E-state index in [1.54, 1.807) is 12.1 Å². The molecule has 0 bridgehead atoms. The van der Waals surface area contributed by atoms with E-state index >= 15 is 0 Å². The lowest BCUT2D eigenvalue weighted by Gasteiger charge is -2.38. The van der Waals surface area contributed by atoms with Crippen LogP contribution in [-0.4, -0.2) is 83.2 Å². The van der Waals surface area contributed by atoms with Crippen LogP contribution < -0.4 is 10.9 Å². The molecule has 5 rings (SSSR count). The van der Waals surface area contributed by atoms with Gasteiger partial charge in [-0.25, -0.2) is 4.79 Å². The molecule has 0 amide bonds. The van der Waals surface area contributed by atoms with Crippen molar-refractivity contribution in [2.75, 3.05) is 39.9 Å². The van der Waals surface area contributed by atoms with E-state index in [-0.39, 0.29) is 22.1 Å². The van der Waals surface area contributed by atoms with Crippen LogP contribution >= 0.6 is 22.7 Å². The van der Waals surface area contributed by atoms with Gasteiger partial charge in [-0.2, -0.15) is 0 Å². The van der Waals surface area contributed by atoms with Gasteiger partial charge >= 0.3 is 5.97 Å². The third kappa shape index (κ3) is 9.99. The lowest BCUT2D eigenvalue weighted by molar-refractivity contribution is -0.170. The van der Waals surface area contributed by atoms with Crippen molar-refractivity contribution in [2.45, 2.75) is 81.6 Å². The highest BCUT2D eigenvalue weighted by Crippen LogP contribution is 2.42. The first kappa shape index (κ1) is 39.6. The Labute approximate surface area is 300 Å². The number of H-pyrrole nitrogens is 1. The zero-order valence-electron chi connectivity index (χ0n) is 28.6. The summed E-state index contributed by atoms with van der Waals surface area (Å²) in [5, 5.41) is 38.9. The second-order valence-electron chi connectivity index (χ2n) is 12.9. The third-order valence-corrected chi connectivity index (χ3v) is 11.4. The number of aromatic amines is 1. The first-order valence-electron chi connectivity index (χ1n) is 17.3. The van der Waals surface area contributed by atoms with Crippen LogP contribution in [-0.2, 0) is 19.9 Å². The maximum atomic E-state index is 12.7. The molecule has 0 radical (unpaired) electrons. The quantitative estimate of drug-likeness (QED) is 0.0654. The fraction of sp³-hybridized carbons (Fsp3) is 0.514. The summed E-state index contributed by atoms with van der Waals surface area (Å²) in [6.45, 7) is 3.66. The summed E-state index contributed by atoms with van der Waals surface area (Å²) < 4.78 is 12.4. The molecule has 0 saturated heterocycles. The number of carboxylic acids is 1. The van der Waals surface area contributed by atoms with Crippen LogP contribution in [0.5, 0.6) is 5.75 Å². The highest BCUT2D eigenvalue weighted by molar-refractivity contribution is 7.12. The zero-order chi connectivity index (χ0) is 34.6. The average Bonchev–Trinajstić information content (AvgIpc) is 3.84. The van der Waals surface area contributed by atoms with Gasteiger partial charge in [0.05, 0.1) is 27.5 Å². The number of fused-ring (bicyclic) bond motifs is 1. The Morgan fingerprint density at radius 2 is 1.66 bits per heavy atom. The Morgan fingerprint density at radius 3 is 2.32 bits per heavy atom. The lowest BCUT2D eigenvalue weighted by atomic mass is 9.90. The number of rotatable bonds is 20. The van der Waals surface area contributed by atoms with E-state index in [1.165, 1.54) is 34.8 Å². The van der Waals surface area contributed by atoms with E-state index in [1.807, 2.05) is 35.0 Å². The minimum atomic E-state index is -1.44. The van der Waals surface area contributed by atoms with Gasteiger partial charge in [-0.3, -0.25) is 9.50 Å². The molecule has 13 heteroatoms. The number of aliphatic hydroxyl groups excluding tert-OH is 1. The number of aromatic nitrogens is 1. The molecule has 1 aliphatic carbocycles. The Hall–Kier alpha value is -3.17. The molecule has 1 saturated carbocycles. The summed E-state index contributed by atoms with van der Waals surface area (Å²) in [5.41, 5.74) is -0.731. The number of aliphatic hydroxyl groups is 1. The molecule has 0 unspecified atom stereocenters. The van der Waals surface area contributed by atoms with E-state index in [0.29, 0.717) is 38.8 Å². The van der Waals surface area contributed by atoms with Crippen LogP contribution in [0.4, 0.5) is 4.70 Å². The number of hydrogen-bond donors (Lipinski definition) is 5. The number of aliphatic carboxylic acids is 1. The van der Waals surface area contributed by atoms with Crippen molar-refractivity contribution in [3.8, 4) is 5.75 Å². The summed E-state index contributed by atoms with van der Waals surface area (Å²) in [6, 6.07) is 14.2. The number of halogens is 1. The van der Waals surface area contributed by atoms with Crippen molar-refractivity contribution < 1.29 is 34.3 Å². The highest BCUT2D eigenvalue weighted by Gasteiger charge is 2.48. The number of thiophene rings is 2. The number of phenols is 1. The molecule has 1 atom stereocenters. The summed E-state index contributed by atoms with van der Waals surface area (Å²) in [7, 11) is 2.17. The molecule has 0 aliphatic heterocycles. The molecule has 1 aliphatic rings. The van der Waals surface area contributed by atoms with Gasteiger partial charge in [-0.05, 0) is 99.1 Å². The van der Waals surface area contributed by atoms with Crippen LogP contribution in [0.15, 0.2) is 64.1 Å². The van der Waals surface area contributed by atoms with E-state index in [9.17, 15) is 24.9 Å². The molecule has 274 valence electrons. The van der Waals surface area contributed by atoms with Crippen molar-refractivity contribution in [3.63, 3.8) is 0 Å². The molecule has 1 aromatic carbocycles. The van der Waals surface area contributed by atoms with Crippen molar-refractivity contribution >= 4 is 39.5 Å². The molecule has 1 fully saturated rings. The van der Waals surface area contributed by atoms with E-state index < -0.39 is 17.7 Å². The van der Waals surface area contributed by atoms with Gasteiger partial charge in [0, 0.05) is 43.8 Å². The van der Waals surface area contributed by atoms with Gasteiger partial charge in [0.25, 0.3) is 0 Å². The standard InChI is InChI=1S/C37H49N3O7S2.FH/c1-40(26-11-13-27(14-12-26)47-37(36(44)45,32-9-6-23-48-32)33-10-7-24-49-33)20-8-22-46-21-5-3-2-4-19-38-25-31(42)28-15-17-30(41)35-29(28)16-18-34(43)39-35;/h6-7,9-10,15-18,23-24,26-27,31,38,41-42H,2-5,8,11-14,19-22,25H2,1H3,(H,39,43)(H,44,45);1H/t26-,27-,31-;/m0./s1. The third-order valence-electron chi connectivity index (χ3n) is 9.44. The molecular weight excluding hydrogens is 682 g/mol. The number of benzene rings is 1. The van der Waals surface area contributed by atoms with Crippen LogP contribution in [0.25, 0.3) is 10.9 Å². The monoisotopic (exact) mass is 731 g/mol. The lowest BCUT2D eigenvalue weighted by Crippen LogP contribution is -2.44. The number of carbonyl (C=O) groups is 1. The van der Waals surface area contributed by atoms with Crippen molar-refractivity contribution in [1.29, 1.82) is 0 Å². The minimum absolute atomic E-state index is 0. The number of pyridine rings is 1. The molecular formula is C37H50FN3O7S2. The average molecular weight is 732 g/mol. The predicted octanol–water partition coefficient (Wildman–Crippen LogP) is 6.39. The first-order chi connectivity index (χ1) is 23.8. The zero-order valence-corrected chi connectivity index (χ0v) is 30.2. The second-order valence-corrected chi connectivity index (χ2v) is 14.8. The van der Waals surface area contributed by atoms with Gasteiger partial charge in [0.15, 0.2) is 0 Å². The normalized spacial score (nSPS) is 17.2. The topological polar surface area (TPSA) is 144 Å². The number of carboxylic acid groups (broad SMARTS) is 1. The summed E-state index contributed by atoms with van der Waals surface area (Å²) in [5.74, 6) is -0.968. The fourth-order valence-corrected chi connectivity index (χ4v) is 8.53. The number of phenolic OH excluding ortho intramolecular Hbond substituents is 1. The number of nitrogens with one attached hydrogen (secondary N) is 2. The van der Waals surface area contributed by atoms with Gasteiger partial charge in [0.1, 0.15) is 5.75 Å². The van der Waals surface area contributed by atoms with Gasteiger partial charge in [-0.1, -0.05) is 31.0 Å². The Kier molecular flexibility index (Phi) is 15.4. The summed E-state index contributed by atoms with van der Waals surface area (Å²) in [6.07, 6.45) is 7.98. The molecule has 3 heterocycles. The van der Waals surface area contributed by atoms with Crippen LogP contribution in [0.1, 0.15) is 79.2 Å². The molecule has 5 N–H and O–H groups in total. The second kappa shape index (κ2) is 19.4. The van der Waals surface area contributed by atoms with Crippen molar-refractivity contribution in [1.82, 2.24) is 15.2 Å². The fourth-order valence-electron chi connectivity index (χ4n) is 6.72. The van der Waals surface area contributed by atoms with Crippen LogP contribution in [0, 0.1) is 0 Å². The molecule has 3 aromatic heterocycles. The SMILES string of the molecule is CN(CCCOCCCCCCNC[C@H](O)c1ccc(O)c2[nH]c(=O)ccc12)[C@H]1CC[C@H](OC(C(=O)O)(c2cccs2)c2cccs2)CC1.F. The molecule has 50 heavy (non-hydrogen) atoms. The maximum absolute atomic E-state index is 12.7. The number of nitrogens with zero attached hydrogens (tertiary/aromatic N) is 1. The van der Waals surface area contributed by atoms with Crippen molar-refractivity contribution in [2.24, 2.45) is 0 Å². The summed E-state index contributed by atoms with van der Waals surface area (Å²) >= 11 is 2.86. The Morgan fingerprint density at radius 1 is 0.980 bits per heavy atom. The van der Waals surface area contributed by atoms with Gasteiger partial charge < -0.3 is 40.0 Å². The number of hydrogen-bond acceptors (Lipinski definition) is 10. The molecule has 10 nitrogen and oxygen atoms in total. The Bertz CT molecular complexity index is 1610. The van der Waals surface area contributed by atoms with Crippen molar-refractivity contribution in [3.05, 3.63) is 85.0 Å². The predicted molar refractivity (Wildman–Crippen MR) is 197 cm³/mol. The van der Waals surface area contributed by atoms with Crippen LogP contribution in [0.3, 0.4) is 0 Å².